The molecule has 0 saturated heterocycles. The summed E-state index contributed by atoms with van der Waals surface area (Å²) in [5.74, 6) is 0. The van der Waals surface area contributed by atoms with Crippen LogP contribution in [-0.2, 0) is 0 Å². The third kappa shape index (κ3) is 4.57. The topological polar surface area (TPSA) is 26.0 Å². The maximum atomic E-state index is 5.66. The Balaban J connectivity index is 4.36. The van der Waals surface area contributed by atoms with Crippen LogP contribution in [0.2, 0.25) is 0 Å². The predicted octanol–water partition coefficient (Wildman–Crippen LogP) is 2.41. The van der Waals surface area contributed by atoms with Gasteiger partial charge >= 0.3 is 0 Å². The van der Waals surface area contributed by atoms with Gasteiger partial charge in [-0.2, -0.15) is 0 Å². The Hall–Kier alpha value is -0.820. The zero-order valence-corrected chi connectivity index (χ0v) is 7.59. The molecule has 0 aromatic rings. The zero-order valence-electron chi connectivity index (χ0n) is 7.59. The van der Waals surface area contributed by atoms with Crippen LogP contribution in [0.3, 0.4) is 0 Å². The van der Waals surface area contributed by atoms with Crippen molar-refractivity contribution in [3.63, 3.8) is 0 Å². The number of allylic oxidation sites excluding steroid dienone is 3. The van der Waals surface area contributed by atoms with Crippen molar-refractivity contribution in [1.82, 2.24) is 0 Å². The van der Waals surface area contributed by atoms with Crippen LogP contribution in [0.4, 0.5) is 0 Å². The van der Waals surface area contributed by atoms with Gasteiger partial charge in [0.2, 0.25) is 0 Å². The molecule has 62 valence electrons. The van der Waals surface area contributed by atoms with E-state index in [0.29, 0.717) is 0 Å². The lowest BCUT2D eigenvalue weighted by molar-refractivity contribution is 0.886. The summed E-state index contributed by atoms with van der Waals surface area (Å²) < 4.78 is 0. The van der Waals surface area contributed by atoms with Crippen LogP contribution in [0.25, 0.3) is 0 Å². The van der Waals surface area contributed by atoms with E-state index in [1.807, 2.05) is 19.1 Å². The molecule has 0 aromatic carbocycles. The van der Waals surface area contributed by atoms with Crippen molar-refractivity contribution in [3.8, 4) is 0 Å². The molecule has 1 atom stereocenters. The molecule has 0 aliphatic rings. The van der Waals surface area contributed by atoms with Crippen LogP contribution in [0.1, 0.15) is 20.8 Å². The normalized spacial score (nSPS) is 14.0. The van der Waals surface area contributed by atoms with E-state index in [1.54, 1.807) is 6.08 Å². The summed E-state index contributed by atoms with van der Waals surface area (Å²) in [5, 5.41) is 0. The molecule has 0 bridgehead atoms. The quantitative estimate of drug-likeness (QED) is 0.616. The first-order chi connectivity index (χ1) is 5.07. The van der Waals surface area contributed by atoms with E-state index in [9.17, 15) is 0 Å². The molecule has 1 nitrogen and oxygen atoms in total. The molecule has 11 heavy (non-hydrogen) atoms. The van der Waals surface area contributed by atoms with Crippen LogP contribution in [0.15, 0.2) is 36.0 Å². The molecule has 2 N–H and O–H groups in total. The van der Waals surface area contributed by atoms with Crippen LogP contribution in [0, 0.1) is 0 Å². The summed E-state index contributed by atoms with van der Waals surface area (Å²) in [4.78, 5) is 0. The smallest absolute Gasteiger partial charge is 0.0265 e. The van der Waals surface area contributed by atoms with Crippen LogP contribution in [-0.4, -0.2) is 6.04 Å². The van der Waals surface area contributed by atoms with Crippen molar-refractivity contribution in [2.45, 2.75) is 26.8 Å². The molecule has 0 aromatic heterocycles. The van der Waals surface area contributed by atoms with Gasteiger partial charge in [0.25, 0.3) is 0 Å². The van der Waals surface area contributed by atoms with E-state index in [2.05, 4.69) is 20.4 Å². The van der Waals surface area contributed by atoms with Crippen LogP contribution >= 0.6 is 0 Å². The highest BCUT2D eigenvalue weighted by atomic mass is 14.6. The average Bonchev–Trinajstić information content (AvgIpc) is 1.87. The Kier molecular flexibility index (Phi) is 4.55. The first-order valence-electron chi connectivity index (χ1n) is 3.81. The van der Waals surface area contributed by atoms with E-state index in [4.69, 9.17) is 5.73 Å². The molecular formula is C10H17N. The van der Waals surface area contributed by atoms with E-state index >= 15 is 0 Å². The van der Waals surface area contributed by atoms with E-state index in [-0.39, 0.29) is 6.04 Å². The standard InChI is InChI=1S/C10H17N/c1-5-10(9(4)11)7-6-8(2)3/h5-7,9H,1,11H2,2-4H3/b10-7+. The first kappa shape index (κ1) is 10.2. The Morgan fingerprint density at radius 2 is 1.91 bits per heavy atom. The van der Waals surface area contributed by atoms with Gasteiger partial charge in [0.05, 0.1) is 0 Å². The largest absolute Gasteiger partial charge is 0.324 e. The summed E-state index contributed by atoms with van der Waals surface area (Å²) in [6.45, 7) is 9.74. The predicted molar refractivity (Wildman–Crippen MR) is 51.4 cm³/mol. The van der Waals surface area contributed by atoms with Gasteiger partial charge in [0, 0.05) is 6.04 Å². The highest BCUT2D eigenvalue weighted by Gasteiger charge is 1.95. The van der Waals surface area contributed by atoms with Crippen LogP contribution < -0.4 is 5.73 Å². The summed E-state index contributed by atoms with van der Waals surface area (Å²) in [5.41, 5.74) is 8.01. The minimum absolute atomic E-state index is 0.0723. The SMILES string of the molecule is C=C/C(=C\C=C(C)C)C(C)N. The lowest BCUT2D eigenvalue weighted by Crippen LogP contribution is -2.16. The monoisotopic (exact) mass is 151 g/mol. The molecule has 0 radical (unpaired) electrons. The van der Waals surface area contributed by atoms with Crippen molar-refractivity contribution in [3.05, 3.63) is 36.0 Å². The number of hydrogen-bond donors (Lipinski definition) is 1. The van der Waals surface area contributed by atoms with Crippen molar-refractivity contribution < 1.29 is 0 Å². The molecule has 0 spiro atoms. The Morgan fingerprint density at radius 3 is 2.18 bits per heavy atom. The highest BCUT2D eigenvalue weighted by molar-refractivity contribution is 5.27. The zero-order chi connectivity index (χ0) is 8.85. The first-order valence-corrected chi connectivity index (χ1v) is 3.81. The molecular weight excluding hydrogens is 134 g/mol. The maximum Gasteiger partial charge on any atom is 0.0265 e. The fourth-order valence-electron chi connectivity index (χ4n) is 0.669. The average molecular weight is 151 g/mol. The van der Waals surface area contributed by atoms with Gasteiger partial charge in [0.15, 0.2) is 0 Å². The van der Waals surface area contributed by atoms with E-state index < -0.39 is 0 Å². The molecule has 0 aliphatic heterocycles. The minimum atomic E-state index is 0.0723. The Morgan fingerprint density at radius 1 is 1.36 bits per heavy atom. The molecule has 0 fully saturated rings. The van der Waals surface area contributed by atoms with Crippen molar-refractivity contribution in [2.75, 3.05) is 0 Å². The number of hydrogen-bond acceptors (Lipinski definition) is 1. The summed E-state index contributed by atoms with van der Waals surface area (Å²) >= 11 is 0. The molecule has 1 unspecified atom stereocenters. The fourth-order valence-corrected chi connectivity index (χ4v) is 0.669. The summed E-state index contributed by atoms with van der Waals surface area (Å²) in [6, 6.07) is 0.0723. The second-order valence-corrected chi connectivity index (χ2v) is 2.90. The van der Waals surface area contributed by atoms with Crippen molar-refractivity contribution in [1.29, 1.82) is 0 Å². The lowest BCUT2D eigenvalue weighted by Gasteiger charge is -2.03. The van der Waals surface area contributed by atoms with Gasteiger partial charge in [-0.15, -0.1) is 0 Å². The van der Waals surface area contributed by atoms with Gasteiger partial charge < -0.3 is 5.73 Å². The molecule has 0 heterocycles. The van der Waals surface area contributed by atoms with E-state index in [1.165, 1.54) is 5.57 Å². The second kappa shape index (κ2) is 4.91. The molecule has 0 aliphatic carbocycles. The van der Waals surface area contributed by atoms with Gasteiger partial charge in [-0.1, -0.05) is 30.4 Å². The maximum absolute atomic E-state index is 5.66. The fraction of sp³-hybridized carbons (Fsp3) is 0.400. The van der Waals surface area contributed by atoms with Gasteiger partial charge in [-0.25, -0.2) is 0 Å². The Bertz CT molecular complexity index is 181. The number of rotatable bonds is 3. The third-order valence-corrected chi connectivity index (χ3v) is 1.37. The summed E-state index contributed by atoms with van der Waals surface area (Å²) in [7, 11) is 0. The van der Waals surface area contributed by atoms with Gasteiger partial charge in [0.1, 0.15) is 0 Å². The van der Waals surface area contributed by atoms with E-state index in [0.717, 1.165) is 5.57 Å². The molecule has 0 amide bonds. The Labute approximate surface area is 69.3 Å². The summed E-state index contributed by atoms with van der Waals surface area (Å²) in [6.07, 6.45) is 5.84. The van der Waals surface area contributed by atoms with Crippen molar-refractivity contribution in [2.24, 2.45) is 5.73 Å². The van der Waals surface area contributed by atoms with Crippen molar-refractivity contribution >= 4 is 0 Å². The third-order valence-electron chi connectivity index (χ3n) is 1.37. The molecule has 0 rings (SSSR count). The lowest BCUT2D eigenvalue weighted by atomic mass is 10.1. The molecule has 1 heteroatoms. The second-order valence-electron chi connectivity index (χ2n) is 2.90. The van der Waals surface area contributed by atoms with Crippen LogP contribution in [0.5, 0.6) is 0 Å². The minimum Gasteiger partial charge on any atom is -0.324 e. The van der Waals surface area contributed by atoms with Gasteiger partial charge in [-0.05, 0) is 26.3 Å². The van der Waals surface area contributed by atoms with Gasteiger partial charge in [-0.3, -0.25) is 0 Å². The number of nitrogens with two attached hydrogens (primary N) is 1. The highest BCUT2D eigenvalue weighted by Crippen LogP contribution is 2.02. The molecule has 0 saturated carbocycles.